The van der Waals surface area contributed by atoms with E-state index in [9.17, 15) is 13.2 Å². The number of nitrogens with one attached hydrogen (secondary N) is 1. The SMILES string of the molecule is C=C(C)C(NCC)C1CCCC(C(F)(F)F)C1. The lowest BCUT2D eigenvalue weighted by atomic mass is 9.76. The van der Waals surface area contributed by atoms with Crippen molar-refractivity contribution in [3.63, 3.8) is 0 Å². The molecule has 17 heavy (non-hydrogen) atoms. The van der Waals surface area contributed by atoms with Gasteiger partial charge in [-0.25, -0.2) is 0 Å². The first kappa shape index (κ1) is 14.6. The maximum absolute atomic E-state index is 12.7. The highest BCUT2D eigenvalue weighted by molar-refractivity contribution is 5.05. The van der Waals surface area contributed by atoms with Crippen LogP contribution in [0.4, 0.5) is 13.2 Å². The predicted octanol–water partition coefficient (Wildman–Crippen LogP) is 3.91. The molecule has 0 spiro atoms. The molecule has 1 aliphatic carbocycles. The van der Waals surface area contributed by atoms with E-state index in [-0.39, 0.29) is 24.8 Å². The van der Waals surface area contributed by atoms with Gasteiger partial charge in [0.1, 0.15) is 0 Å². The first-order chi connectivity index (χ1) is 7.86. The molecule has 1 fully saturated rings. The number of rotatable bonds is 4. The lowest BCUT2D eigenvalue weighted by Gasteiger charge is -2.36. The number of hydrogen-bond acceptors (Lipinski definition) is 1. The molecule has 0 bridgehead atoms. The van der Waals surface area contributed by atoms with Crippen LogP contribution in [0.5, 0.6) is 0 Å². The van der Waals surface area contributed by atoms with Crippen LogP contribution < -0.4 is 5.32 Å². The summed E-state index contributed by atoms with van der Waals surface area (Å²) in [6, 6.07) is 0.0325. The minimum atomic E-state index is -4.04. The van der Waals surface area contributed by atoms with Gasteiger partial charge in [0.2, 0.25) is 0 Å². The average Bonchev–Trinajstić information content (AvgIpc) is 2.24. The van der Waals surface area contributed by atoms with Crippen molar-refractivity contribution in [2.75, 3.05) is 6.54 Å². The fourth-order valence-corrected chi connectivity index (χ4v) is 2.79. The predicted molar refractivity (Wildman–Crippen MR) is 63.8 cm³/mol. The summed E-state index contributed by atoms with van der Waals surface area (Å²) in [4.78, 5) is 0. The highest BCUT2D eigenvalue weighted by atomic mass is 19.4. The summed E-state index contributed by atoms with van der Waals surface area (Å²) in [5, 5.41) is 3.26. The number of halogens is 3. The van der Waals surface area contributed by atoms with Crippen LogP contribution in [-0.4, -0.2) is 18.8 Å². The molecule has 3 atom stereocenters. The molecule has 1 nitrogen and oxygen atoms in total. The molecule has 4 heteroatoms. The van der Waals surface area contributed by atoms with E-state index < -0.39 is 12.1 Å². The summed E-state index contributed by atoms with van der Waals surface area (Å²) >= 11 is 0. The lowest BCUT2D eigenvalue weighted by Crippen LogP contribution is -2.41. The summed E-state index contributed by atoms with van der Waals surface area (Å²) in [6.45, 7) is 8.53. The Morgan fingerprint density at radius 2 is 2.06 bits per heavy atom. The van der Waals surface area contributed by atoms with E-state index in [2.05, 4.69) is 11.9 Å². The van der Waals surface area contributed by atoms with Crippen molar-refractivity contribution in [3.05, 3.63) is 12.2 Å². The van der Waals surface area contributed by atoms with Crippen molar-refractivity contribution >= 4 is 0 Å². The molecule has 0 heterocycles. The molecule has 3 unspecified atom stereocenters. The summed E-state index contributed by atoms with van der Waals surface area (Å²) in [5.41, 5.74) is 0.944. The molecule has 1 rings (SSSR count). The van der Waals surface area contributed by atoms with Gasteiger partial charge in [-0.3, -0.25) is 0 Å². The van der Waals surface area contributed by atoms with Gasteiger partial charge in [0, 0.05) is 6.04 Å². The Morgan fingerprint density at radius 1 is 1.41 bits per heavy atom. The molecule has 0 saturated heterocycles. The van der Waals surface area contributed by atoms with Crippen molar-refractivity contribution in [2.45, 2.75) is 51.7 Å². The third-order valence-electron chi connectivity index (χ3n) is 3.60. The van der Waals surface area contributed by atoms with Crippen LogP contribution >= 0.6 is 0 Å². The average molecular weight is 249 g/mol. The molecular formula is C13H22F3N. The third kappa shape index (κ3) is 4.02. The van der Waals surface area contributed by atoms with E-state index in [1.54, 1.807) is 0 Å². The van der Waals surface area contributed by atoms with E-state index >= 15 is 0 Å². The second kappa shape index (κ2) is 5.89. The van der Waals surface area contributed by atoms with E-state index in [0.29, 0.717) is 6.42 Å². The monoisotopic (exact) mass is 249 g/mol. The van der Waals surface area contributed by atoms with Crippen LogP contribution in [0.15, 0.2) is 12.2 Å². The van der Waals surface area contributed by atoms with Crippen LogP contribution in [0.2, 0.25) is 0 Å². The van der Waals surface area contributed by atoms with Crippen LogP contribution in [0, 0.1) is 11.8 Å². The highest BCUT2D eigenvalue weighted by Crippen LogP contribution is 2.41. The van der Waals surface area contributed by atoms with Gasteiger partial charge in [-0.05, 0) is 38.6 Å². The van der Waals surface area contributed by atoms with Gasteiger partial charge in [0.25, 0.3) is 0 Å². The fourth-order valence-electron chi connectivity index (χ4n) is 2.79. The molecule has 0 aromatic heterocycles. The maximum Gasteiger partial charge on any atom is 0.391 e. The van der Waals surface area contributed by atoms with E-state index in [1.165, 1.54) is 0 Å². The second-order valence-electron chi connectivity index (χ2n) is 5.05. The quantitative estimate of drug-likeness (QED) is 0.745. The largest absolute Gasteiger partial charge is 0.391 e. The van der Waals surface area contributed by atoms with Crippen LogP contribution in [0.25, 0.3) is 0 Å². The zero-order valence-electron chi connectivity index (χ0n) is 10.6. The lowest BCUT2D eigenvalue weighted by molar-refractivity contribution is -0.186. The Hall–Kier alpha value is -0.510. The van der Waals surface area contributed by atoms with Crippen molar-refractivity contribution in [1.82, 2.24) is 5.32 Å². The number of alkyl halides is 3. The molecule has 0 aliphatic heterocycles. The first-order valence-electron chi connectivity index (χ1n) is 6.31. The second-order valence-corrected chi connectivity index (χ2v) is 5.05. The molecule has 0 aromatic rings. The van der Waals surface area contributed by atoms with Gasteiger partial charge in [-0.1, -0.05) is 25.5 Å². The molecule has 100 valence electrons. The Bertz CT molecular complexity index is 260. The first-order valence-corrected chi connectivity index (χ1v) is 6.31. The fraction of sp³-hybridized carbons (Fsp3) is 0.846. The highest BCUT2D eigenvalue weighted by Gasteiger charge is 2.43. The number of likely N-dealkylation sites (N-methyl/N-ethyl adjacent to an activating group) is 1. The van der Waals surface area contributed by atoms with Gasteiger partial charge in [-0.2, -0.15) is 13.2 Å². The maximum atomic E-state index is 12.7. The van der Waals surface area contributed by atoms with Crippen LogP contribution in [0.3, 0.4) is 0 Å². The van der Waals surface area contributed by atoms with Crippen LogP contribution in [-0.2, 0) is 0 Å². The summed E-state index contributed by atoms with van der Waals surface area (Å²) < 4.78 is 38.2. The van der Waals surface area contributed by atoms with Crippen LogP contribution in [0.1, 0.15) is 39.5 Å². The Balaban J connectivity index is 2.67. The van der Waals surface area contributed by atoms with Gasteiger partial charge in [0.15, 0.2) is 0 Å². The van der Waals surface area contributed by atoms with E-state index in [0.717, 1.165) is 18.5 Å². The number of hydrogen-bond donors (Lipinski definition) is 1. The van der Waals surface area contributed by atoms with Crippen molar-refractivity contribution in [3.8, 4) is 0 Å². The van der Waals surface area contributed by atoms with E-state index in [4.69, 9.17) is 0 Å². The zero-order valence-corrected chi connectivity index (χ0v) is 10.6. The summed E-state index contributed by atoms with van der Waals surface area (Å²) in [6.07, 6.45) is -1.96. The smallest absolute Gasteiger partial charge is 0.310 e. The molecule has 1 N–H and O–H groups in total. The topological polar surface area (TPSA) is 12.0 Å². The van der Waals surface area contributed by atoms with Gasteiger partial charge in [0.05, 0.1) is 5.92 Å². The van der Waals surface area contributed by atoms with E-state index in [1.807, 2.05) is 13.8 Å². The Labute approximate surface area is 101 Å². The molecule has 1 aliphatic rings. The summed E-state index contributed by atoms with van der Waals surface area (Å²) in [7, 11) is 0. The minimum Gasteiger partial charge on any atom is -0.310 e. The van der Waals surface area contributed by atoms with Gasteiger partial charge >= 0.3 is 6.18 Å². The molecule has 0 amide bonds. The molecule has 1 saturated carbocycles. The van der Waals surface area contributed by atoms with Crippen molar-refractivity contribution < 1.29 is 13.2 Å². The molecule has 0 radical (unpaired) electrons. The van der Waals surface area contributed by atoms with Crippen molar-refractivity contribution in [1.29, 1.82) is 0 Å². The summed E-state index contributed by atoms with van der Waals surface area (Å²) in [5.74, 6) is -1.05. The van der Waals surface area contributed by atoms with Gasteiger partial charge in [-0.15, -0.1) is 0 Å². The van der Waals surface area contributed by atoms with Crippen molar-refractivity contribution in [2.24, 2.45) is 11.8 Å². The van der Waals surface area contributed by atoms with Gasteiger partial charge < -0.3 is 5.32 Å². The normalized spacial score (nSPS) is 27.8. The third-order valence-corrected chi connectivity index (χ3v) is 3.60. The Kier molecular flexibility index (Phi) is 5.04. The minimum absolute atomic E-state index is 0.0325. The Morgan fingerprint density at radius 3 is 2.53 bits per heavy atom. The molecule has 0 aromatic carbocycles. The molecular weight excluding hydrogens is 227 g/mol. The zero-order chi connectivity index (χ0) is 13.1. The standard InChI is InChI=1S/C13H22F3N/c1-4-17-12(9(2)3)10-6-5-7-11(8-10)13(14,15)16/h10-12,17H,2,4-8H2,1,3H3.